The van der Waals surface area contributed by atoms with E-state index in [4.69, 9.17) is 13.3 Å². The molecule has 0 bridgehead atoms. The molecule has 1 heterocycles. The lowest BCUT2D eigenvalue weighted by atomic mass is 9.91. The number of rotatable bonds is 21. The number of carboxylic acid groups (broad SMARTS) is 1. The quantitative estimate of drug-likeness (QED) is 0.0581. The third-order valence-corrected chi connectivity index (χ3v) is 16.9. The van der Waals surface area contributed by atoms with Crippen LogP contribution in [0, 0.1) is 5.41 Å². The number of nitrogens with zero attached hydrogens (tertiary/aromatic N) is 2. The summed E-state index contributed by atoms with van der Waals surface area (Å²) < 4.78 is 40.5. The van der Waals surface area contributed by atoms with E-state index in [0.717, 1.165) is 11.1 Å². The van der Waals surface area contributed by atoms with Gasteiger partial charge in [-0.1, -0.05) is 156 Å². The molecule has 0 unspecified atom stereocenters. The van der Waals surface area contributed by atoms with Crippen molar-refractivity contribution in [1.82, 2.24) is 9.80 Å². The van der Waals surface area contributed by atoms with Crippen LogP contribution in [-0.2, 0) is 36.0 Å². The molecular weight excluding hydrogens is 757 g/mol. The van der Waals surface area contributed by atoms with Gasteiger partial charge in [-0.3, -0.25) is 18.7 Å². The van der Waals surface area contributed by atoms with Crippen molar-refractivity contribution in [3.05, 3.63) is 132 Å². The molecule has 0 spiro atoms. The Balaban J connectivity index is 1.16. The van der Waals surface area contributed by atoms with Gasteiger partial charge in [0.15, 0.2) is 0 Å². The minimum absolute atomic E-state index is 0.0340. The summed E-state index contributed by atoms with van der Waals surface area (Å²) in [6, 6.07) is 39.7. The Morgan fingerprint density at radius 2 is 1.28 bits per heavy atom. The maximum atomic E-state index is 13.8. The maximum absolute atomic E-state index is 13.8. The van der Waals surface area contributed by atoms with E-state index >= 15 is 0 Å². The topological polar surface area (TPSA) is 129 Å². The number of benzene rings is 4. The Morgan fingerprint density at radius 1 is 0.789 bits per heavy atom. The van der Waals surface area contributed by atoms with Crippen LogP contribution in [0.15, 0.2) is 121 Å². The summed E-state index contributed by atoms with van der Waals surface area (Å²) in [4.78, 5) is 29.2. The van der Waals surface area contributed by atoms with Crippen LogP contribution in [0.4, 0.5) is 0 Å². The van der Waals surface area contributed by atoms with Gasteiger partial charge in [-0.2, -0.15) is 0 Å². The number of hydrogen-bond acceptors (Lipinski definition) is 8. The zero-order chi connectivity index (χ0) is 41.1. The van der Waals surface area contributed by atoms with Crippen LogP contribution in [0.2, 0.25) is 5.04 Å². The molecule has 0 radical (unpaired) electrons. The van der Waals surface area contributed by atoms with Crippen LogP contribution in [0.5, 0.6) is 0 Å². The molecule has 2 atom stereocenters. The zero-order valence-corrected chi connectivity index (χ0v) is 35.8. The van der Waals surface area contributed by atoms with Crippen molar-refractivity contribution in [3.8, 4) is 0 Å². The fraction of sp³-hybridized carbons (Fsp3) is 0.422. The minimum atomic E-state index is -3.45. The lowest BCUT2D eigenvalue weighted by molar-refractivity contribution is -0.145. The number of likely N-dealkylation sites (tertiary alicyclic amines) is 1. The summed E-state index contributed by atoms with van der Waals surface area (Å²) in [6.07, 6.45) is 1.01. The number of amides is 1. The second-order valence-corrected chi connectivity index (χ2v) is 22.9. The van der Waals surface area contributed by atoms with Gasteiger partial charge in [0.2, 0.25) is 5.91 Å². The van der Waals surface area contributed by atoms with E-state index in [1.165, 1.54) is 15.3 Å². The lowest BCUT2D eigenvalue weighted by Gasteiger charge is -2.43. The average molecular weight is 817 g/mol. The van der Waals surface area contributed by atoms with Gasteiger partial charge < -0.3 is 28.3 Å². The summed E-state index contributed by atoms with van der Waals surface area (Å²) in [5, 5.41) is 12.0. The molecule has 12 heteroatoms. The second-order valence-electron chi connectivity index (χ2n) is 16.7. The van der Waals surface area contributed by atoms with Crippen LogP contribution in [0.3, 0.4) is 0 Å². The van der Waals surface area contributed by atoms with Gasteiger partial charge in [-0.15, -0.1) is 0 Å². The van der Waals surface area contributed by atoms with Crippen molar-refractivity contribution in [1.29, 1.82) is 0 Å². The van der Waals surface area contributed by atoms with Gasteiger partial charge in [0.05, 0.1) is 48.5 Å². The van der Waals surface area contributed by atoms with Crippen molar-refractivity contribution in [3.63, 3.8) is 0 Å². The SMILES string of the molecule is CC(C)(CCO[Si](c1ccccc1)(c1ccccc1)C(C)(C)C)COS(O)(O)CCOC[C@@H]1C[C@H](N(Cc2ccccc2)Cc2ccccc2)C(=O)N1CC(=O)O. The van der Waals surface area contributed by atoms with E-state index in [9.17, 15) is 23.8 Å². The summed E-state index contributed by atoms with van der Waals surface area (Å²) in [5.74, 6) is -1.51. The van der Waals surface area contributed by atoms with Crippen LogP contribution < -0.4 is 10.4 Å². The molecule has 4 aromatic rings. The number of ether oxygens (including phenoxy) is 1. The molecule has 308 valence electrons. The molecular formula is C45H60N2O8SSi. The Hall–Kier alpha value is -3.85. The monoisotopic (exact) mass is 816 g/mol. The van der Waals surface area contributed by atoms with E-state index in [-0.39, 0.29) is 36.5 Å². The largest absolute Gasteiger partial charge is 0.480 e. The van der Waals surface area contributed by atoms with Gasteiger partial charge in [-0.25, -0.2) is 0 Å². The first kappa shape index (κ1) is 44.3. The van der Waals surface area contributed by atoms with Crippen LogP contribution in [0.25, 0.3) is 0 Å². The van der Waals surface area contributed by atoms with Crippen molar-refractivity contribution >= 4 is 41.4 Å². The Bertz CT molecular complexity index is 1760. The molecule has 1 aliphatic rings. The highest BCUT2D eigenvalue weighted by molar-refractivity contribution is 8.20. The summed E-state index contributed by atoms with van der Waals surface area (Å²) >= 11 is 0. The molecule has 0 aliphatic carbocycles. The van der Waals surface area contributed by atoms with Crippen molar-refractivity contribution in [2.75, 3.05) is 38.7 Å². The fourth-order valence-electron chi connectivity index (χ4n) is 7.60. The van der Waals surface area contributed by atoms with Crippen LogP contribution >= 0.6 is 10.9 Å². The van der Waals surface area contributed by atoms with Gasteiger partial charge in [-0.05, 0) is 44.8 Å². The van der Waals surface area contributed by atoms with Gasteiger partial charge in [0.25, 0.3) is 8.32 Å². The number of carbonyl (C=O) groups excluding carboxylic acids is 1. The number of hydrogen-bond donors (Lipinski definition) is 3. The van der Waals surface area contributed by atoms with Gasteiger partial charge in [0, 0.05) is 19.7 Å². The third-order valence-electron chi connectivity index (χ3n) is 10.7. The van der Waals surface area contributed by atoms with Crippen LogP contribution in [0.1, 0.15) is 58.6 Å². The zero-order valence-electron chi connectivity index (χ0n) is 34.0. The molecule has 1 fully saturated rings. The molecule has 0 aromatic heterocycles. The first-order valence-corrected chi connectivity index (χ1v) is 23.2. The van der Waals surface area contributed by atoms with Gasteiger partial charge in [0.1, 0.15) is 6.54 Å². The first-order chi connectivity index (χ1) is 27.1. The Labute approximate surface area is 341 Å². The molecule has 1 aliphatic heterocycles. The molecule has 1 amide bonds. The standard InChI is InChI=1S/C45H60N2O8SSi/c1-44(2,3)57(39-22-14-8-15-23-39,40-24-16-9-17-25-40)55-27-26-45(4,5)35-54-56(51,52)29-28-53-34-38-30-41(43(50)47(38)33-42(48)49)46(31-36-18-10-6-11-19-36)32-37-20-12-7-13-21-37/h6-25,38,41,51-52H,26-35H2,1-5H3,(H,48,49)/t38-,41-/m0/s1. The highest BCUT2D eigenvalue weighted by atomic mass is 32.3. The molecule has 3 N–H and O–H groups in total. The first-order valence-electron chi connectivity index (χ1n) is 19.7. The number of aliphatic carboxylic acids is 1. The molecule has 57 heavy (non-hydrogen) atoms. The minimum Gasteiger partial charge on any atom is -0.480 e. The number of carboxylic acids is 1. The average Bonchev–Trinajstić information content (AvgIpc) is 3.48. The maximum Gasteiger partial charge on any atom is 0.323 e. The van der Waals surface area contributed by atoms with Crippen molar-refractivity contribution < 1.29 is 37.1 Å². The number of carbonyl (C=O) groups is 2. The van der Waals surface area contributed by atoms with Crippen molar-refractivity contribution in [2.24, 2.45) is 5.41 Å². The Kier molecular flexibility index (Phi) is 15.3. The molecule has 10 nitrogen and oxygen atoms in total. The summed E-state index contributed by atoms with van der Waals surface area (Å²) in [5.41, 5.74) is 1.66. The summed E-state index contributed by atoms with van der Waals surface area (Å²) in [7, 11) is -6.17. The van der Waals surface area contributed by atoms with E-state index in [2.05, 4.69) is 74.2 Å². The second kappa shape index (κ2) is 19.7. The molecule has 1 saturated heterocycles. The summed E-state index contributed by atoms with van der Waals surface area (Å²) in [6.45, 7) is 11.9. The van der Waals surface area contributed by atoms with Crippen LogP contribution in [-0.4, -0.2) is 95.0 Å². The lowest BCUT2D eigenvalue weighted by Crippen LogP contribution is -2.66. The highest BCUT2D eigenvalue weighted by Gasteiger charge is 2.50. The molecule has 5 rings (SSSR count). The smallest absolute Gasteiger partial charge is 0.323 e. The fourth-order valence-corrected chi connectivity index (χ4v) is 13.1. The molecule has 4 aromatic carbocycles. The normalized spacial score (nSPS) is 17.0. The van der Waals surface area contributed by atoms with E-state index in [1.807, 2.05) is 86.6 Å². The van der Waals surface area contributed by atoms with E-state index in [1.54, 1.807) is 0 Å². The molecule has 0 saturated carbocycles. The predicted molar refractivity (Wildman–Crippen MR) is 230 cm³/mol. The van der Waals surface area contributed by atoms with E-state index in [0.29, 0.717) is 32.5 Å². The van der Waals surface area contributed by atoms with Crippen molar-refractivity contribution in [2.45, 2.75) is 77.7 Å². The van der Waals surface area contributed by atoms with E-state index < -0.39 is 49.2 Å². The Morgan fingerprint density at radius 3 is 1.75 bits per heavy atom. The third kappa shape index (κ3) is 12.1. The predicted octanol–water partition coefficient (Wildman–Crippen LogP) is 7.43. The van der Waals surface area contributed by atoms with Gasteiger partial charge >= 0.3 is 5.97 Å². The highest BCUT2D eigenvalue weighted by Crippen LogP contribution is 2.42.